The van der Waals surface area contributed by atoms with Crippen LogP contribution in [-0.2, 0) is 9.47 Å². The number of allylic oxidation sites excluding steroid dienone is 2. The second-order valence-electron chi connectivity index (χ2n) is 14.9. The third kappa shape index (κ3) is 29.2. The molecule has 0 aromatic rings. The minimum atomic E-state index is -0.557. The molecule has 0 saturated carbocycles. The molecule has 0 N–H and O–H groups in total. The molecule has 0 saturated heterocycles. The van der Waals surface area contributed by atoms with Crippen molar-refractivity contribution in [2.24, 2.45) is 0 Å². The molecule has 0 unspecified atom stereocenters. The Morgan fingerprint density at radius 2 is 0.766 bits per heavy atom. The van der Waals surface area contributed by atoms with E-state index in [0.29, 0.717) is 0 Å². The zero-order valence-electron chi connectivity index (χ0n) is 32.2. The maximum absolute atomic E-state index is 6.52. The maximum Gasteiger partial charge on any atom is 0.191 e. The highest BCUT2D eigenvalue weighted by Crippen LogP contribution is 2.31. The Balaban J connectivity index is 2.04. The van der Waals surface area contributed by atoms with Gasteiger partial charge < -0.3 is 9.47 Å². The molecule has 0 spiro atoms. The first-order valence-corrected chi connectivity index (χ1v) is 22.2. The van der Waals surface area contributed by atoms with Crippen molar-refractivity contribution in [2.75, 3.05) is 19.0 Å². The molecule has 0 aromatic carbocycles. The number of rotatable bonds is 38. The zero-order chi connectivity index (χ0) is 33.8. The molecular weight excluding hydrogens is 593 g/mol. The van der Waals surface area contributed by atoms with Gasteiger partial charge in [0.15, 0.2) is 5.79 Å². The van der Waals surface area contributed by atoms with E-state index < -0.39 is 5.79 Å². The molecule has 1 aliphatic carbocycles. The number of thiol groups is 1. The Labute approximate surface area is 301 Å². The molecule has 3 heteroatoms. The lowest BCUT2D eigenvalue weighted by Gasteiger charge is -2.34. The molecule has 1 rings (SSSR count). The monoisotopic (exact) mass is 677 g/mol. The fourth-order valence-corrected chi connectivity index (χ4v) is 7.40. The van der Waals surface area contributed by atoms with Crippen molar-refractivity contribution < 1.29 is 9.47 Å². The summed E-state index contributed by atoms with van der Waals surface area (Å²) in [7, 11) is 0. The van der Waals surface area contributed by atoms with Crippen molar-refractivity contribution >= 4 is 12.6 Å². The fourth-order valence-electron chi connectivity index (χ4n) is 7.11. The van der Waals surface area contributed by atoms with Gasteiger partial charge in [0.2, 0.25) is 0 Å². The number of unbranched alkanes of at least 4 members (excludes halogenated alkanes) is 30. The molecular formula is C44H84O2S. The molecule has 0 heterocycles. The normalized spacial score (nSPS) is 14.2. The van der Waals surface area contributed by atoms with Crippen LogP contribution >= 0.6 is 12.6 Å². The van der Waals surface area contributed by atoms with Gasteiger partial charge in [0.1, 0.15) is 0 Å². The van der Waals surface area contributed by atoms with Crippen LogP contribution in [-0.4, -0.2) is 24.8 Å². The van der Waals surface area contributed by atoms with Gasteiger partial charge in [-0.25, -0.2) is 0 Å². The Hall–Kier alpha value is -0.250. The van der Waals surface area contributed by atoms with Gasteiger partial charge in [-0.15, -0.1) is 0 Å². The summed E-state index contributed by atoms with van der Waals surface area (Å²) >= 11 is 4.48. The van der Waals surface area contributed by atoms with E-state index in [9.17, 15) is 0 Å². The van der Waals surface area contributed by atoms with Crippen LogP contribution in [0.5, 0.6) is 0 Å². The first-order chi connectivity index (χ1) is 23.3. The second kappa shape index (κ2) is 35.6. The fraction of sp³-hybridized carbons (Fsp3) is 0.909. The van der Waals surface area contributed by atoms with Crippen molar-refractivity contribution in [2.45, 2.75) is 238 Å². The average molecular weight is 677 g/mol. The highest BCUT2D eigenvalue weighted by molar-refractivity contribution is 7.80. The molecule has 0 bridgehead atoms. The maximum atomic E-state index is 6.52. The standard InChI is InChI=1S/C44H84O2S/c1-3-5-7-9-11-13-15-17-19-21-23-25-27-29-31-33-39-45-44(38-35-36-43(42-44)37-41-47)46-40-34-32-30-28-26-24-22-20-18-16-14-12-10-8-6-4-2/h35-36,38,47H,3-34,37,39-42H2,1-2H3. The lowest BCUT2D eigenvalue weighted by atomic mass is 9.97. The van der Waals surface area contributed by atoms with Gasteiger partial charge >= 0.3 is 0 Å². The molecule has 0 radical (unpaired) electrons. The van der Waals surface area contributed by atoms with Gasteiger partial charge in [-0.05, 0) is 31.1 Å². The largest absolute Gasteiger partial charge is 0.346 e. The van der Waals surface area contributed by atoms with E-state index in [0.717, 1.165) is 44.6 Å². The second-order valence-corrected chi connectivity index (χ2v) is 15.4. The van der Waals surface area contributed by atoms with E-state index >= 15 is 0 Å². The van der Waals surface area contributed by atoms with Gasteiger partial charge in [-0.1, -0.05) is 224 Å². The topological polar surface area (TPSA) is 18.5 Å². The Morgan fingerprint density at radius 1 is 0.468 bits per heavy atom. The molecule has 47 heavy (non-hydrogen) atoms. The van der Waals surface area contributed by atoms with Crippen molar-refractivity contribution in [1.82, 2.24) is 0 Å². The van der Waals surface area contributed by atoms with Crippen molar-refractivity contribution in [3.8, 4) is 0 Å². The number of hydrogen-bond acceptors (Lipinski definition) is 3. The van der Waals surface area contributed by atoms with Crippen molar-refractivity contribution in [3.63, 3.8) is 0 Å². The van der Waals surface area contributed by atoms with E-state index in [4.69, 9.17) is 9.47 Å². The minimum absolute atomic E-state index is 0.557. The molecule has 0 atom stereocenters. The van der Waals surface area contributed by atoms with E-state index in [1.807, 2.05) is 0 Å². The summed E-state index contributed by atoms with van der Waals surface area (Å²) in [4.78, 5) is 0. The van der Waals surface area contributed by atoms with Crippen LogP contribution in [0.25, 0.3) is 0 Å². The van der Waals surface area contributed by atoms with Crippen LogP contribution in [0.4, 0.5) is 0 Å². The van der Waals surface area contributed by atoms with Crippen LogP contribution < -0.4 is 0 Å². The van der Waals surface area contributed by atoms with Crippen molar-refractivity contribution in [3.05, 3.63) is 23.8 Å². The number of hydrogen-bond donors (Lipinski definition) is 1. The highest BCUT2D eigenvalue weighted by Gasteiger charge is 2.31. The molecule has 0 aromatic heterocycles. The quantitative estimate of drug-likeness (QED) is 0.0398. The molecule has 1 aliphatic rings. The third-order valence-corrected chi connectivity index (χ3v) is 10.5. The Bertz CT molecular complexity index is 648. The van der Waals surface area contributed by atoms with E-state index in [2.05, 4.69) is 44.7 Å². The summed E-state index contributed by atoms with van der Waals surface area (Å²) < 4.78 is 13.0. The van der Waals surface area contributed by atoms with Crippen LogP contribution in [0.1, 0.15) is 232 Å². The van der Waals surface area contributed by atoms with Gasteiger partial charge in [0.25, 0.3) is 0 Å². The van der Waals surface area contributed by atoms with Gasteiger partial charge in [-0.3, -0.25) is 0 Å². The first-order valence-electron chi connectivity index (χ1n) is 21.5. The lowest BCUT2D eigenvalue weighted by molar-refractivity contribution is -0.205. The lowest BCUT2D eigenvalue weighted by Crippen LogP contribution is -2.36. The van der Waals surface area contributed by atoms with Gasteiger partial charge in [0.05, 0.1) is 13.2 Å². The minimum Gasteiger partial charge on any atom is -0.346 e. The van der Waals surface area contributed by atoms with E-state index in [1.165, 1.54) is 198 Å². The highest BCUT2D eigenvalue weighted by atomic mass is 32.1. The van der Waals surface area contributed by atoms with Gasteiger partial charge in [0, 0.05) is 6.42 Å². The summed E-state index contributed by atoms with van der Waals surface area (Å²) in [6.45, 7) is 6.21. The van der Waals surface area contributed by atoms with Crippen LogP contribution in [0.15, 0.2) is 23.8 Å². The summed E-state index contributed by atoms with van der Waals surface area (Å²) in [5.41, 5.74) is 1.40. The zero-order valence-corrected chi connectivity index (χ0v) is 33.1. The van der Waals surface area contributed by atoms with Crippen LogP contribution in [0.3, 0.4) is 0 Å². The van der Waals surface area contributed by atoms with Crippen molar-refractivity contribution in [1.29, 1.82) is 0 Å². The number of ether oxygens (including phenoxy) is 2. The summed E-state index contributed by atoms with van der Waals surface area (Å²) in [5.74, 6) is 0.325. The molecule has 0 aliphatic heterocycles. The molecule has 0 amide bonds. The molecule has 2 nitrogen and oxygen atoms in total. The summed E-state index contributed by atoms with van der Waals surface area (Å²) in [6, 6.07) is 0. The van der Waals surface area contributed by atoms with E-state index in [-0.39, 0.29) is 0 Å². The Kier molecular flexibility index (Phi) is 33.9. The predicted octanol–water partition coefficient (Wildman–Crippen LogP) is 15.4. The van der Waals surface area contributed by atoms with E-state index in [1.54, 1.807) is 0 Å². The Morgan fingerprint density at radius 3 is 1.06 bits per heavy atom. The summed E-state index contributed by atoms with van der Waals surface area (Å²) in [6.07, 6.45) is 53.2. The average Bonchev–Trinajstić information content (AvgIpc) is 3.08. The van der Waals surface area contributed by atoms with Crippen LogP contribution in [0, 0.1) is 0 Å². The smallest absolute Gasteiger partial charge is 0.191 e. The van der Waals surface area contributed by atoms with Gasteiger partial charge in [-0.2, -0.15) is 12.6 Å². The summed E-state index contributed by atoms with van der Waals surface area (Å²) in [5, 5.41) is 0. The predicted molar refractivity (Wildman–Crippen MR) is 214 cm³/mol. The third-order valence-electron chi connectivity index (χ3n) is 10.3. The molecule has 0 fully saturated rings. The molecule has 278 valence electrons. The van der Waals surface area contributed by atoms with Crippen LogP contribution in [0.2, 0.25) is 0 Å². The first kappa shape index (κ1) is 44.8. The SMILES string of the molecule is CCCCCCCCCCCCCCCCCCOC1(OCCCCCCCCCCCCCCCCCC)C=CC=C(CCS)C1.